The van der Waals surface area contributed by atoms with E-state index in [2.05, 4.69) is 38.2 Å². The number of hydrogen-bond acceptors (Lipinski definition) is 3. The summed E-state index contributed by atoms with van der Waals surface area (Å²) in [6.45, 7) is 8.03. The summed E-state index contributed by atoms with van der Waals surface area (Å²) in [4.78, 5) is 0. The zero-order valence-electron chi connectivity index (χ0n) is 13.1. The van der Waals surface area contributed by atoms with Crippen molar-refractivity contribution in [3.05, 3.63) is 29.3 Å². The van der Waals surface area contributed by atoms with Crippen LogP contribution in [0.2, 0.25) is 0 Å². The molecule has 1 aromatic carbocycles. The van der Waals surface area contributed by atoms with Crippen LogP contribution in [0.1, 0.15) is 43.7 Å². The zero-order valence-corrected chi connectivity index (χ0v) is 13.1. The second kappa shape index (κ2) is 9.78. The Labute approximate surface area is 123 Å². The molecule has 0 fully saturated rings. The molecule has 0 aliphatic rings. The fourth-order valence-corrected chi connectivity index (χ4v) is 2.22. The predicted octanol–water partition coefficient (Wildman–Crippen LogP) is 3.67. The minimum absolute atomic E-state index is 0.407. The summed E-state index contributed by atoms with van der Waals surface area (Å²) in [5, 5.41) is 13.2. The lowest BCUT2D eigenvalue weighted by Crippen LogP contribution is -2.25. The molecule has 0 saturated heterocycles. The first-order valence-corrected chi connectivity index (χ1v) is 7.71. The SMILES string of the molecule is CCCCCCOCC(O)CNc1c(C)cccc1C. The number of para-hydroxylation sites is 1. The van der Waals surface area contributed by atoms with Gasteiger partial charge in [-0.2, -0.15) is 0 Å². The molecule has 1 aromatic rings. The molecule has 3 heteroatoms. The largest absolute Gasteiger partial charge is 0.389 e. The van der Waals surface area contributed by atoms with Crippen molar-refractivity contribution in [1.82, 2.24) is 0 Å². The number of nitrogens with one attached hydrogen (secondary N) is 1. The second-order valence-corrected chi connectivity index (χ2v) is 5.44. The van der Waals surface area contributed by atoms with Gasteiger partial charge in [0.05, 0.1) is 12.7 Å². The predicted molar refractivity (Wildman–Crippen MR) is 85.4 cm³/mol. The topological polar surface area (TPSA) is 41.5 Å². The number of hydrogen-bond donors (Lipinski definition) is 2. The van der Waals surface area contributed by atoms with Gasteiger partial charge in [-0.05, 0) is 31.4 Å². The van der Waals surface area contributed by atoms with E-state index in [4.69, 9.17) is 4.74 Å². The first-order chi connectivity index (χ1) is 9.65. The molecule has 114 valence electrons. The molecule has 1 unspecified atom stereocenters. The molecule has 1 rings (SSSR count). The van der Waals surface area contributed by atoms with Crippen molar-refractivity contribution in [2.45, 2.75) is 52.6 Å². The lowest BCUT2D eigenvalue weighted by Gasteiger charge is -2.16. The molecular formula is C17H29NO2. The smallest absolute Gasteiger partial charge is 0.0945 e. The highest BCUT2D eigenvalue weighted by molar-refractivity contribution is 5.56. The number of aliphatic hydroxyl groups is 1. The van der Waals surface area contributed by atoms with E-state index in [9.17, 15) is 5.11 Å². The summed E-state index contributed by atoms with van der Waals surface area (Å²) in [6, 6.07) is 6.20. The number of ether oxygens (including phenoxy) is 1. The van der Waals surface area contributed by atoms with Crippen molar-refractivity contribution in [3.8, 4) is 0 Å². The number of anilines is 1. The number of aryl methyl sites for hydroxylation is 2. The highest BCUT2D eigenvalue weighted by Gasteiger charge is 2.06. The van der Waals surface area contributed by atoms with Crippen molar-refractivity contribution >= 4 is 5.69 Å². The third-order valence-electron chi connectivity index (χ3n) is 3.45. The Hall–Kier alpha value is -1.06. The van der Waals surface area contributed by atoms with Gasteiger partial charge in [0.15, 0.2) is 0 Å². The molecule has 1 atom stereocenters. The Kier molecular flexibility index (Phi) is 8.31. The van der Waals surface area contributed by atoms with Gasteiger partial charge in [0.1, 0.15) is 0 Å². The zero-order chi connectivity index (χ0) is 14.8. The highest BCUT2D eigenvalue weighted by Crippen LogP contribution is 2.19. The highest BCUT2D eigenvalue weighted by atomic mass is 16.5. The molecule has 0 bridgehead atoms. The second-order valence-electron chi connectivity index (χ2n) is 5.44. The number of aliphatic hydroxyl groups excluding tert-OH is 1. The van der Waals surface area contributed by atoms with E-state index in [1.165, 1.54) is 30.4 Å². The Morgan fingerprint density at radius 1 is 1.15 bits per heavy atom. The summed E-state index contributed by atoms with van der Waals surface area (Å²) in [6.07, 6.45) is 4.35. The fourth-order valence-electron chi connectivity index (χ4n) is 2.22. The molecule has 0 spiro atoms. The Bertz CT molecular complexity index is 359. The van der Waals surface area contributed by atoms with Gasteiger partial charge in [0.25, 0.3) is 0 Å². The van der Waals surface area contributed by atoms with Gasteiger partial charge < -0.3 is 15.2 Å². The molecule has 0 heterocycles. The lowest BCUT2D eigenvalue weighted by molar-refractivity contribution is 0.0416. The normalized spacial score (nSPS) is 12.4. The van der Waals surface area contributed by atoms with Crippen molar-refractivity contribution in [3.63, 3.8) is 0 Å². The molecule has 20 heavy (non-hydrogen) atoms. The van der Waals surface area contributed by atoms with Crippen LogP contribution >= 0.6 is 0 Å². The molecule has 0 saturated carbocycles. The van der Waals surface area contributed by atoms with Gasteiger partial charge in [-0.3, -0.25) is 0 Å². The van der Waals surface area contributed by atoms with E-state index in [0.29, 0.717) is 13.2 Å². The quantitative estimate of drug-likeness (QED) is 0.642. The van der Waals surface area contributed by atoms with Crippen LogP contribution in [0, 0.1) is 13.8 Å². The van der Waals surface area contributed by atoms with Crippen LogP contribution in [0.5, 0.6) is 0 Å². The molecular weight excluding hydrogens is 250 g/mol. The van der Waals surface area contributed by atoms with Crippen LogP contribution < -0.4 is 5.32 Å². The van der Waals surface area contributed by atoms with E-state index in [-0.39, 0.29) is 0 Å². The third-order valence-corrected chi connectivity index (χ3v) is 3.45. The van der Waals surface area contributed by atoms with Crippen molar-refractivity contribution in [2.24, 2.45) is 0 Å². The maximum Gasteiger partial charge on any atom is 0.0945 e. The maximum absolute atomic E-state index is 9.91. The average molecular weight is 279 g/mol. The third kappa shape index (κ3) is 6.40. The lowest BCUT2D eigenvalue weighted by atomic mass is 10.1. The first kappa shape index (κ1) is 17.0. The molecule has 0 aliphatic carbocycles. The summed E-state index contributed by atoms with van der Waals surface area (Å²) in [5.41, 5.74) is 3.53. The first-order valence-electron chi connectivity index (χ1n) is 7.71. The van der Waals surface area contributed by atoms with Gasteiger partial charge in [-0.15, -0.1) is 0 Å². The number of benzene rings is 1. The Morgan fingerprint density at radius 2 is 1.85 bits per heavy atom. The van der Waals surface area contributed by atoms with Crippen molar-refractivity contribution in [1.29, 1.82) is 0 Å². The number of unbranched alkanes of at least 4 members (excludes halogenated alkanes) is 3. The van der Waals surface area contributed by atoms with Gasteiger partial charge in [0.2, 0.25) is 0 Å². The van der Waals surface area contributed by atoms with Crippen LogP contribution in [-0.2, 0) is 4.74 Å². The molecule has 0 aliphatic heterocycles. The monoisotopic (exact) mass is 279 g/mol. The summed E-state index contributed by atoms with van der Waals surface area (Å²) in [5.74, 6) is 0. The maximum atomic E-state index is 9.91. The van der Waals surface area contributed by atoms with Gasteiger partial charge in [-0.1, -0.05) is 44.4 Å². The van der Waals surface area contributed by atoms with Crippen molar-refractivity contribution in [2.75, 3.05) is 25.1 Å². The summed E-state index contributed by atoms with van der Waals surface area (Å²) >= 11 is 0. The Morgan fingerprint density at radius 3 is 2.50 bits per heavy atom. The average Bonchev–Trinajstić information content (AvgIpc) is 2.42. The summed E-state index contributed by atoms with van der Waals surface area (Å²) in [7, 11) is 0. The summed E-state index contributed by atoms with van der Waals surface area (Å²) < 4.78 is 5.50. The van der Waals surface area contributed by atoms with Crippen LogP contribution in [0.3, 0.4) is 0 Å². The van der Waals surface area contributed by atoms with E-state index >= 15 is 0 Å². The fraction of sp³-hybridized carbons (Fsp3) is 0.647. The number of rotatable bonds is 10. The van der Waals surface area contributed by atoms with Crippen LogP contribution in [0.25, 0.3) is 0 Å². The van der Waals surface area contributed by atoms with E-state index in [1.54, 1.807) is 0 Å². The van der Waals surface area contributed by atoms with Crippen LogP contribution in [-0.4, -0.2) is 31.0 Å². The van der Waals surface area contributed by atoms with Crippen molar-refractivity contribution < 1.29 is 9.84 Å². The standard InChI is InChI=1S/C17H29NO2/c1-4-5-6-7-11-20-13-16(19)12-18-17-14(2)9-8-10-15(17)3/h8-10,16,18-19H,4-7,11-13H2,1-3H3. The molecule has 0 amide bonds. The minimum atomic E-state index is -0.458. The van der Waals surface area contributed by atoms with E-state index in [1.807, 2.05) is 6.07 Å². The molecule has 3 nitrogen and oxygen atoms in total. The minimum Gasteiger partial charge on any atom is -0.389 e. The van der Waals surface area contributed by atoms with Crippen LogP contribution in [0.15, 0.2) is 18.2 Å². The van der Waals surface area contributed by atoms with E-state index < -0.39 is 6.10 Å². The molecule has 0 radical (unpaired) electrons. The Balaban J connectivity index is 2.18. The van der Waals surface area contributed by atoms with E-state index in [0.717, 1.165) is 18.7 Å². The molecule has 0 aromatic heterocycles. The van der Waals surface area contributed by atoms with Crippen LogP contribution in [0.4, 0.5) is 5.69 Å². The van der Waals surface area contributed by atoms with Gasteiger partial charge >= 0.3 is 0 Å². The van der Waals surface area contributed by atoms with Gasteiger partial charge in [0, 0.05) is 18.8 Å². The van der Waals surface area contributed by atoms with Gasteiger partial charge in [-0.25, -0.2) is 0 Å². The molecule has 2 N–H and O–H groups in total.